The van der Waals surface area contributed by atoms with Gasteiger partial charge >= 0.3 is 0 Å². The number of nitrogens with one attached hydrogen (secondary N) is 1. The highest BCUT2D eigenvalue weighted by Crippen LogP contribution is 2.32. The smallest absolute Gasteiger partial charge is 0.0363 e. The monoisotopic (exact) mass is 232 g/mol. The standard InChI is InChI=1S/C15H24N2/c1-13(14-9-10-14)16-11-6-12-17(2)15-7-4-3-5-8-15/h3-5,7-8,13-14,16H,6,9-12H2,1-2H3. The van der Waals surface area contributed by atoms with Crippen molar-refractivity contribution >= 4 is 5.69 Å². The number of hydrogen-bond acceptors (Lipinski definition) is 2. The Morgan fingerprint density at radius 1 is 1.29 bits per heavy atom. The molecular weight excluding hydrogens is 208 g/mol. The lowest BCUT2D eigenvalue weighted by atomic mass is 10.2. The fourth-order valence-electron chi connectivity index (χ4n) is 2.22. The summed E-state index contributed by atoms with van der Waals surface area (Å²) in [5, 5.41) is 3.62. The summed E-state index contributed by atoms with van der Waals surface area (Å²) in [6.07, 6.45) is 4.07. The Morgan fingerprint density at radius 3 is 2.65 bits per heavy atom. The minimum atomic E-state index is 0.719. The van der Waals surface area contributed by atoms with Crippen LogP contribution in [0.5, 0.6) is 0 Å². The zero-order chi connectivity index (χ0) is 12.1. The van der Waals surface area contributed by atoms with Crippen molar-refractivity contribution in [1.82, 2.24) is 5.32 Å². The third-order valence-electron chi connectivity index (χ3n) is 3.66. The highest BCUT2D eigenvalue weighted by atomic mass is 15.1. The molecule has 2 nitrogen and oxygen atoms in total. The normalized spacial score (nSPS) is 16.8. The minimum Gasteiger partial charge on any atom is -0.375 e. The molecule has 0 spiro atoms. The van der Waals surface area contributed by atoms with Gasteiger partial charge < -0.3 is 10.2 Å². The number of benzene rings is 1. The fraction of sp³-hybridized carbons (Fsp3) is 0.600. The van der Waals surface area contributed by atoms with Crippen molar-refractivity contribution in [2.24, 2.45) is 5.92 Å². The summed E-state index contributed by atoms with van der Waals surface area (Å²) in [7, 11) is 2.17. The summed E-state index contributed by atoms with van der Waals surface area (Å²) in [6.45, 7) is 4.57. The molecule has 17 heavy (non-hydrogen) atoms. The van der Waals surface area contributed by atoms with Crippen molar-refractivity contribution in [3.63, 3.8) is 0 Å². The van der Waals surface area contributed by atoms with Crippen molar-refractivity contribution in [3.8, 4) is 0 Å². The van der Waals surface area contributed by atoms with Gasteiger partial charge in [0.25, 0.3) is 0 Å². The molecule has 0 aromatic heterocycles. The van der Waals surface area contributed by atoms with Crippen LogP contribution in [-0.2, 0) is 0 Å². The van der Waals surface area contributed by atoms with E-state index in [-0.39, 0.29) is 0 Å². The van der Waals surface area contributed by atoms with Gasteiger partial charge in [-0.15, -0.1) is 0 Å². The van der Waals surface area contributed by atoms with E-state index in [2.05, 4.69) is 54.5 Å². The molecule has 1 saturated carbocycles. The predicted octanol–water partition coefficient (Wildman–Crippen LogP) is 2.90. The van der Waals surface area contributed by atoms with Gasteiger partial charge in [0, 0.05) is 25.3 Å². The van der Waals surface area contributed by atoms with Crippen molar-refractivity contribution < 1.29 is 0 Å². The SMILES string of the molecule is CC(NCCCN(C)c1ccccc1)C1CC1. The summed E-state index contributed by atoms with van der Waals surface area (Å²) in [4.78, 5) is 2.32. The van der Waals surface area contributed by atoms with E-state index in [1.54, 1.807) is 0 Å². The van der Waals surface area contributed by atoms with E-state index >= 15 is 0 Å². The lowest BCUT2D eigenvalue weighted by Crippen LogP contribution is -2.31. The highest BCUT2D eigenvalue weighted by Gasteiger charge is 2.27. The zero-order valence-corrected chi connectivity index (χ0v) is 11.0. The van der Waals surface area contributed by atoms with Crippen molar-refractivity contribution in [2.45, 2.75) is 32.2 Å². The van der Waals surface area contributed by atoms with Crippen LogP contribution >= 0.6 is 0 Å². The fourth-order valence-corrected chi connectivity index (χ4v) is 2.22. The summed E-state index contributed by atoms with van der Waals surface area (Å²) in [5.41, 5.74) is 1.31. The van der Waals surface area contributed by atoms with E-state index in [1.807, 2.05) is 0 Å². The van der Waals surface area contributed by atoms with Crippen LogP contribution in [0.1, 0.15) is 26.2 Å². The van der Waals surface area contributed by atoms with Gasteiger partial charge in [-0.1, -0.05) is 18.2 Å². The molecule has 2 rings (SSSR count). The average molecular weight is 232 g/mol. The molecule has 0 bridgehead atoms. The highest BCUT2D eigenvalue weighted by molar-refractivity contribution is 5.44. The van der Waals surface area contributed by atoms with E-state index in [0.717, 1.165) is 25.0 Å². The average Bonchev–Trinajstić information content (AvgIpc) is 3.19. The Labute approximate surface area is 105 Å². The zero-order valence-electron chi connectivity index (χ0n) is 11.0. The molecule has 1 unspecified atom stereocenters. The number of anilines is 1. The van der Waals surface area contributed by atoms with Crippen molar-refractivity contribution in [3.05, 3.63) is 30.3 Å². The maximum absolute atomic E-state index is 3.62. The van der Waals surface area contributed by atoms with Crippen LogP contribution < -0.4 is 10.2 Å². The Kier molecular flexibility index (Phi) is 4.43. The van der Waals surface area contributed by atoms with Gasteiger partial charge in [-0.3, -0.25) is 0 Å². The molecule has 1 aromatic carbocycles. The van der Waals surface area contributed by atoms with Gasteiger partial charge in [0.2, 0.25) is 0 Å². The van der Waals surface area contributed by atoms with Gasteiger partial charge in [0.15, 0.2) is 0 Å². The minimum absolute atomic E-state index is 0.719. The topological polar surface area (TPSA) is 15.3 Å². The molecule has 2 heteroatoms. The number of para-hydroxylation sites is 1. The summed E-state index contributed by atoms with van der Waals surface area (Å²) in [6, 6.07) is 11.3. The van der Waals surface area contributed by atoms with Crippen LogP contribution in [-0.4, -0.2) is 26.2 Å². The molecule has 0 heterocycles. The first-order valence-electron chi connectivity index (χ1n) is 6.77. The second-order valence-corrected chi connectivity index (χ2v) is 5.19. The van der Waals surface area contributed by atoms with Crippen LogP contribution in [0.3, 0.4) is 0 Å². The lowest BCUT2D eigenvalue weighted by molar-refractivity contribution is 0.490. The van der Waals surface area contributed by atoms with E-state index in [0.29, 0.717) is 0 Å². The molecule has 1 aromatic rings. The van der Waals surface area contributed by atoms with E-state index in [4.69, 9.17) is 0 Å². The molecule has 0 amide bonds. The first-order chi connectivity index (χ1) is 8.27. The van der Waals surface area contributed by atoms with Crippen molar-refractivity contribution in [1.29, 1.82) is 0 Å². The first-order valence-corrected chi connectivity index (χ1v) is 6.77. The number of rotatable bonds is 7. The van der Waals surface area contributed by atoms with Crippen LogP contribution in [0, 0.1) is 5.92 Å². The number of nitrogens with zero attached hydrogens (tertiary/aromatic N) is 1. The molecule has 1 aliphatic rings. The number of hydrogen-bond donors (Lipinski definition) is 1. The Bertz CT molecular complexity index is 319. The second-order valence-electron chi connectivity index (χ2n) is 5.19. The van der Waals surface area contributed by atoms with Crippen LogP contribution in [0.15, 0.2) is 30.3 Å². The first kappa shape index (κ1) is 12.4. The maximum atomic E-state index is 3.62. The third kappa shape index (κ3) is 4.04. The molecule has 1 fully saturated rings. The Balaban J connectivity index is 1.61. The maximum Gasteiger partial charge on any atom is 0.0363 e. The Hall–Kier alpha value is -1.02. The summed E-state index contributed by atoms with van der Waals surface area (Å²) in [5.74, 6) is 0.960. The molecule has 1 N–H and O–H groups in total. The van der Waals surface area contributed by atoms with Crippen LogP contribution in [0.4, 0.5) is 5.69 Å². The predicted molar refractivity (Wildman–Crippen MR) is 74.5 cm³/mol. The van der Waals surface area contributed by atoms with Crippen molar-refractivity contribution in [2.75, 3.05) is 25.0 Å². The molecule has 0 radical (unpaired) electrons. The summed E-state index contributed by atoms with van der Waals surface area (Å²) >= 11 is 0. The van der Waals surface area contributed by atoms with Crippen LogP contribution in [0.2, 0.25) is 0 Å². The van der Waals surface area contributed by atoms with Gasteiger partial charge in [0.1, 0.15) is 0 Å². The molecular formula is C15H24N2. The van der Waals surface area contributed by atoms with Gasteiger partial charge in [-0.25, -0.2) is 0 Å². The quantitative estimate of drug-likeness (QED) is 0.727. The van der Waals surface area contributed by atoms with E-state index in [9.17, 15) is 0 Å². The van der Waals surface area contributed by atoms with E-state index < -0.39 is 0 Å². The van der Waals surface area contributed by atoms with Gasteiger partial charge in [-0.2, -0.15) is 0 Å². The summed E-state index contributed by atoms with van der Waals surface area (Å²) < 4.78 is 0. The molecule has 1 atom stereocenters. The lowest BCUT2D eigenvalue weighted by Gasteiger charge is -2.20. The molecule has 0 saturated heterocycles. The van der Waals surface area contributed by atoms with Crippen LogP contribution in [0.25, 0.3) is 0 Å². The second kappa shape index (κ2) is 6.06. The third-order valence-corrected chi connectivity index (χ3v) is 3.66. The molecule has 94 valence electrons. The van der Waals surface area contributed by atoms with Gasteiger partial charge in [-0.05, 0) is 50.8 Å². The largest absolute Gasteiger partial charge is 0.375 e. The molecule has 0 aliphatic heterocycles. The van der Waals surface area contributed by atoms with Gasteiger partial charge in [0.05, 0.1) is 0 Å². The Morgan fingerprint density at radius 2 is 2.00 bits per heavy atom. The van der Waals surface area contributed by atoms with E-state index in [1.165, 1.54) is 24.9 Å². The molecule has 1 aliphatic carbocycles.